The first-order valence-electron chi connectivity index (χ1n) is 7.45. The Morgan fingerprint density at radius 2 is 1.79 bits per heavy atom. The molecule has 1 aromatic carbocycles. The van der Waals surface area contributed by atoms with Crippen LogP contribution in [-0.4, -0.2) is 18.1 Å². The summed E-state index contributed by atoms with van der Waals surface area (Å²) in [6.07, 6.45) is 5.98. The van der Waals surface area contributed by atoms with E-state index in [0.717, 1.165) is 18.9 Å². The minimum absolute atomic E-state index is 1.14. The number of nitrogens with zero attached hydrogens (tertiary/aromatic N) is 2. The lowest BCUT2D eigenvalue weighted by atomic mass is 10.1. The van der Waals surface area contributed by atoms with Gasteiger partial charge in [0.05, 0.1) is 0 Å². The summed E-state index contributed by atoms with van der Waals surface area (Å²) in [6.45, 7) is 8.46. The molecule has 0 saturated carbocycles. The third-order valence-electron chi connectivity index (χ3n) is 3.65. The predicted octanol–water partition coefficient (Wildman–Crippen LogP) is 4.56. The summed E-state index contributed by atoms with van der Waals surface area (Å²) in [6, 6.07) is 8.67. The van der Waals surface area contributed by atoms with Crippen molar-refractivity contribution in [3.8, 4) is 0 Å². The van der Waals surface area contributed by atoms with Crippen LogP contribution in [0, 0.1) is 6.92 Å². The maximum absolute atomic E-state index is 4.62. The number of benzene rings is 1. The largest absolute Gasteiger partial charge is 0.357 e. The summed E-state index contributed by atoms with van der Waals surface area (Å²) in [4.78, 5) is 7.03. The molecule has 0 unspecified atom stereocenters. The van der Waals surface area contributed by atoms with Crippen LogP contribution < -0.4 is 4.90 Å². The highest BCUT2D eigenvalue weighted by Crippen LogP contribution is 2.23. The lowest BCUT2D eigenvalue weighted by Crippen LogP contribution is -2.30. The van der Waals surface area contributed by atoms with E-state index in [1.54, 1.807) is 0 Å². The van der Waals surface area contributed by atoms with E-state index in [1.807, 2.05) is 20.0 Å². The third-order valence-corrected chi connectivity index (χ3v) is 3.65. The predicted molar refractivity (Wildman–Crippen MR) is 83.9 cm³/mol. The van der Waals surface area contributed by atoms with Crippen LogP contribution in [0.2, 0.25) is 0 Å². The van der Waals surface area contributed by atoms with Crippen molar-refractivity contribution >= 4 is 16.6 Å². The summed E-state index contributed by atoms with van der Waals surface area (Å²) in [7, 11) is 0. The maximum Gasteiger partial charge on any atom is 0.129 e. The van der Waals surface area contributed by atoms with Gasteiger partial charge in [0, 0.05) is 24.7 Å². The zero-order valence-electron chi connectivity index (χ0n) is 12.3. The molecule has 1 aliphatic rings. The SMILES string of the molecule is CC.Cc1cccc2cc(N3CCCCC3)ncc12. The molecular weight excluding hydrogens is 232 g/mol. The molecule has 1 aliphatic heterocycles. The van der Waals surface area contributed by atoms with Crippen molar-refractivity contribution in [2.45, 2.75) is 40.0 Å². The van der Waals surface area contributed by atoms with Gasteiger partial charge in [0.15, 0.2) is 0 Å². The van der Waals surface area contributed by atoms with Crippen molar-refractivity contribution in [3.05, 3.63) is 36.0 Å². The topological polar surface area (TPSA) is 16.1 Å². The molecule has 3 rings (SSSR count). The average molecular weight is 256 g/mol. The Hall–Kier alpha value is -1.57. The average Bonchev–Trinajstić information content (AvgIpc) is 2.50. The zero-order chi connectivity index (χ0) is 13.7. The monoisotopic (exact) mass is 256 g/mol. The van der Waals surface area contributed by atoms with Gasteiger partial charge in [-0.3, -0.25) is 0 Å². The van der Waals surface area contributed by atoms with Gasteiger partial charge >= 0.3 is 0 Å². The molecule has 0 amide bonds. The standard InChI is InChI=1S/C15H18N2.C2H6/c1-12-6-5-7-13-10-15(16-11-14(12)13)17-8-3-2-4-9-17;1-2/h5-7,10-11H,2-4,8-9H2,1H3;1-2H3. The Bertz CT molecular complexity index is 528. The van der Waals surface area contributed by atoms with Crippen molar-refractivity contribution in [2.24, 2.45) is 0 Å². The molecule has 1 saturated heterocycles. The first-order chi connectivity index (χ1) is 9.34. The van der Waals surface area contributed by atoms with Crippen LogP contribution in [0.3, 0.4) is 0 Å². The van der Waals surface area contributed by atoms with Crippen LogP contribution in [0.1, 0.15) is 38.7 Å². The van der Waals surface area contributed by atoms with Crippen LogP contribution in [0.5, 0.6) is 0 Å². The Labute approximate surface area is 116 Å². The van der Waals surface area contributed by atoms with E-state index in [0.29, 0.717) is 0 Å². The Kier molecular flexibility index (Phi) is 4.78. The molecule has 1 aromatic heterocycles. The molecule has 0 aliphatic carbocycles. The summed E-state index contributed by atoms with van der Waals surface area (Å²) in [5.41, 5.74) is 1.31. The van der Waals surface area contributed by atoms with Gasteiger partial charge in [-0.2, -0.15) is 0 Å². The molecule has 2 heterocycles. The highest BCUT2D eigenvalue weighted by Gasteiger charge is 2.12. The number of anilines is 1. The van der Waals surface area contributed by atoms with Crippen molar-refractivity contribution in [3.63, 3.8) is 0 Å². The van der Waals surface area contributed by atoms with Gasteiger partial charge in [0.2, 0.25) is 0 Å². The van der Waals surface area contributed by atoms with E-state index in [1.165, 1.54) is 35.6 Å². The van der Waals surface area contributed by atoms with Crippen LogP contribution >= 0.6 is 0 Å². The number of piperidine rings is 1. The van der Waals surface area contributed by atoms with Crippen molar-refractivity contribution in [1.82, 2.24) is 4.98 Å². The summed E-state index contributed by atoms with van der Waals surface area (Å²) in [5, 5.41) is 2.58. The number of fused-ring (bicyclic) bond motifs is 1. The first-order valence-corrected chi connectivity index (χ1v) is 7.45. The Morgan fingerprint density at radius 3 is 2.53 bits per heavy atom. The van der Waals surface area contributed by atoms with Crippen molar-refractivity contribution in [1.29, 1.82) is 0 Å². The van der Waals surface area contributed by atoms with E-state index in [9.17, 15) is 0 Å². The molecule has 102 valence electrons. The van der Waals surface area contributed by atoms with Crippen molar-refractivity contribution < 1.29 is 0 Å². The van der Waals surface area contributed by atoms with E-state index >= 15 is 0 Å². The molecule has 0 N–H and O–H groups in total. The van der Waals surface area contributed by atoms with E-state index in [4.69, 9.17) is 0 Å². The normalized spacial score (nSPS) is 15.0. The van der Waals surface area contributed by atoms with E-state index in [-0.39, 0.29) is 0 Å². The first kappa shape index (κ1) is 13.9. The molecule has 0 radical (unpaired) electrons. The fourth-order valence-corrected chi connectivity index (χ4v) is 2.61. The Morgan fingerprint density at radius 1 is 1.05 bits per heavy atom. The fourth-order valence-electron chi connectivity index (χ4n) is 2.61. The van der Waals surface area contributed by atoms with Crippen LogP contribution in [0.4, 0.5) is 5.82 Å². The molecule has 19 heavy (non-hydrogen) atoms. The minimum atomic E-state index is 1.14. The lowest BCUT2D eigenvalue weighted by molar-refractivity contribution is 0.574. The Balaban J connectivity index is 0.000000637. The van der Waals surface area contributed by atoms with E-state index < -0.39 is 0 Å². The molecular formula is C17H24N2. The molecule has 1 fully saturated rings. The summed E-state index contributed by atoms with van der Waals surface area (Å²) >= 11 is 0. The minimum Gasteiger partial charge on any atom is -0.357 e. The molecule has 0 bridgehead atoms. The van der Waals surface area contributed by atoms with Crippen LogP contribution in [0.15, 0.2) is 30.5 Å². The highest BCUT2D eigenvalue weighted by molar-refractivity contribution is 5.86. The molecule has 2 aromatic rings. The quantitative estimate of drug-likeness (QED) is 0.743. The number of pyridine rings is 1. The maximum atomic E-state index is 4.62. The summed E-state index contributed by atoms with van der Waals surface area (Å²) in [5.74, 6) is 1.14. The van der Waals surface area contributed by atoms with Crippen LogP contribution in [-0.2, 0) is 0 Å². The number of rotatable bonds is 1. The van der Waals surface area contributed by atoms with Gasteiger partial charge in [0.1, 0.15) is 5.82 Å². The van der Waals surface area contributed by atoms with Gasteiger partial charge in [0.25, 0.3) is 0 Å². The number of hydrogen-bond acceptors (Lipinski definition) is 2. The fraction of sp³-hybridized carbons (Fsp3) is 0.471. The van der Waals surface area contributed by atoms with Crippen molar-refractivity contribution in [2.75, 3.05) is 18.0 Å². The molecule has 0 spiro atoms. The molecule has 2 heteroatoms. The second kappa shape index (κ2) is 6.55. The van der Waals surface area contributed by atoms with Gasteiger partial charge < -0.3 is 4.90 Å². The highest BCUT2D eigenvalue weighted by atomic mass is 15.2. The zero-order valence-corrected chi connectivity index (χ0v) is 12.3. The third kappa shape index (κ3) is 3.06. The van der Waals surface area contributed by atoms with Gasteiger partial charge in [-0.1, -0.05) is 32.0 Å². The summed E-state index contributed by atoms with van der Waals surface area (Å²) < 4.78 is 0. The second-order valence-electron chi connectivity index (χ2n) is 4.89. The molecule has 2 nitrogen and oxygen atoms in total. The number of aryl methyl sites for hydroxylation is 1. The number of aromatic nitrogens is 1. The van der Waals surface area contributed by atoms with Crippen LogP contribution in [0.25, 0.3) is 10.8 Å². The number of hydrogen-bond donors (Lipinski definition) is 0. The van der Waals surface area contributed by atoms with Gasteiger partial charge in [-0.25, -0.2) is 4.98 Å². The lowest BCUT2D eigenvalue weighted by Gasteiger charge is -2.27. The van der Waals surface area contributed by atoms with E-state index in [2.05, 4.69) is 41.1 Å². The smallest absolute Gasteiger partial charge is 0.129 e. The van der Waals surface area contributed by atoms with Gasteiger partial charge in [-0.15, -0.1) is 0 Å². The van der Waals surface area contributed by atoms with Gasteiger partial charge in [-0.05, 0) is 43.2 Å². The molecule has 0 atom stereocenters. The second-order valence-corrected chi connectivity index (χ2v) is 4.89.